The van der Waals surface area contributed by atoms with Crippen molar-refractivity contribution >= 4 is 50.8 Å². The van der Waals surface area contributed by atoms with Gasteiger partial charge in [-0.05, 0) is 36.4 Å². The zero-order valence-electron chi connectivity index (χ0n) is 13.7. The van der Waals surface area contributed by atoms with Crippen LogP contribution >= 0.6 is 23.2 Å². The molecule has 0 saturated carbocycles. The van der Waals surface area contributed by atoms with E-state index in [1.54, 1.807) is 0 Å². The van der Waals surface area contributed by atoms with Gasteiger partial charge in [-0.25, -0.2) is 17.5 Å². The molecule has 0 saturated heterocycles. The smallest absolute Gasteiger partial charge is 0.335 e. The first-order valence-corrected chi connectivity index (χ1v) is 9.30. The Labute approximate surface area is 160 Å². The van der Waals surface area contributed by atoms with Crippen molar-refractivity contribution in [1.82, 2.24) is 4.31 Å². The molecule has 10 heteroatoms. The molecule has 0 bridgehead atoms. The van der Waals surface area contributed by atoms with Gasteiger partial charge in [-0.15, -0.1) is 0 Å². The van der Waals surface area contributed by atoms with E-state index < -0.39 is 21.9 Å². The number of halogens is 2. The van der Waals surface area contributed by atoms with Crippen LogP contribution in [0.15, 0.2) is 41.3 Å². The number of carboxylic acids is 1. The van der Waals surface area contributed by atoms with Crippen LogP contribution in [0.5, 0.6) is 0 Å². The van der Waals surface area contributed by atoms with E-state index in [1.165, 1.54) is 44.4 Å². The molecule has 138 valence electrons. The molecule has 2 aromatic carbocycles. The summed E-state index contributed by atoms with van der Waals surface area (Å²) >= 11 is 12.0. The van der Waals surface area contributed by atoms with E-state index >= 15 is 0 Å². The first-order chi connectivity index (χ1) is 12.0. The average Bonchev–Trinajstić information content (AvgIpc) is 2.54. The second-order valence-corrected chi connectivity index (χ2v) is 8.32. The molecule has 0 aromatic heterocycles. The van der Waals surface area contributed by atoms with Crippen molar-refractivity contribution in [1.29, 1.82) is 0 Å². The highest BCUT2D eigenvalue weighted by atomic mass is 35.5. The van der Waals surface area contributed by atoms with E-state index in [2.05, 4.69) is 5.32 Å². The molecule has 0 aliphatic carbocycles. The third-order valence-electron chi connectivity index (χ3n) is 3.41. The number of hydrogen-bond donors (Lipinski definition) is 2. The molecule has 0 aliphatic heterocycles. The number of carboxylic acid groups (broad SMARTS) is 1. The Balaban J connectivity index is 2.38. The molecule has 2 rings (SSSR count). The van der Waals surface area contributed by atoms with Crippen molar-refractivity contribution in [3.05, 3.63) is 57.6 Å². The maximum Gasteiger partial charge on any atom is 0.335 e. The topological polar surface area (TPSA) is 104 Å². The van der Waals surface area contributed by atoms with E-state index in [4.69, 9.17) is 28.3 Å². The minimum Gasteiger partial charge on any atom is -0.478 e. The standard InChI is InChI=1S/C16H14Cl2N2O5S/c1-20(2)26(24,25)14-7-11(12(17)8-13(14)18)15(21)19-10-5-3-9(4-6-10)16(22)23/h3-8H,1-2H3,(H,19,21)(H,22,23). The largest absolute Gasteiger partial charge is 0.478 e. The van der Waals surface area contributed by atoms with Gasteiger partial charge >= 0.3 is 5.97 Å². The molecule has 2 N–H and O–H groups in total. The van der Waals surface area contributed by atoms with Crippen LogP contribution in [0.3, 0.4) is 0 Å². The van der Waals surface area contributed by atoms with E-state index in [9.17, 15) is 18.0 Å². The highest BCUT2D eigenvalue weighted by Gasteiger charge is 2.24. The van der Waals surface area contributed by atoms with Crippen molar-refractivity contribution in [3.8, 4) is 0 Å². The number of carbonyl (C=O) groups is 2. The summed E-state index contributed by atoms with van der Waals surface area (Å²) in [6, 6.07) is 7.74. The number of anilines is 1. The van der Waals surface area contributed by atoms with Gasteiger partial charge in [0.05, 0.1) is 21.2 Å². The number of sulfonamides is 1. The zero-order valence-corrected chi connectivity index (χ0v) is 16.0. The number of carbonyl (C=O) groups excluding carboxylic acids is 1. The molecule has 0 spiro atoms. The van der Waals surface area contributed by atoms with Gasteiger partial charge in [0.1, 0.15) is 4.90 Å². The summed E-state index contributed by atoms with van der Waals surface area (Å²) in [5.41, 5.74) is 0.300. The van der Waals surface area contributed by atoms with Crippen molar-refractivity contribution in [3.63, 3.8) is 0 Å². The van der Waals surface area contributed by atoms with Gasteiger partial charge in [-0.2, -0.15) is 0 Å². The van der Waals surface area contributed by atoms with Gasteiger partial charge in [0.15, 0.2) is 0 Å². The Morgan fingerprint density at radius 2 is 1.62 bits per heavy atom. The van der Waals surface area contributed by atoms with Crippen LogP contribution in [-0.4, -0.2) is 43.8 Å². The van der Waals surface area contributed by atoms with Crippen LogP contribution in [0.1, 0.15) is 20.7 Å². The lowest BCUT2D eigenvalue weighted by Gasteiger charge is -2.15. The highest BCUT2D eigenvalue weighted by Crippen LogP contribution is 2.30. The Bertz CT molecular complexity index is 973. The second kappa shape index (κ2) is 7.63. The first-order valence-electron chi connectivity index (χ1n) is 7.10. The van der Waals surface area contributed by atoms with Gasteiger partial charge in [-0.3, -0.25) is 4.79 Å². The number of nitrogens with one attached hydrogen (secondary N) is 1. The van der Waals surface area contributed by atoms with Crippen LogP contribution in [0.4, 0.5) is 5.69 Å². The van der Waals surface area contributed by atoms with Crippen LogP contribution in [0.2, 0.25) is 10.0 Å². The van der Waals surface area contributed by atoms with E-state index in [0.29, 0.717) is 5.69 Å². The summed E-state index contributed by atoms with van der Waals surface area (Å²) in [5, 5.41) is 11.3. The number of amides is 1. The minimum atomic E-state index is -3.87. The lowest BCUT2D eigenvalue weighted by atomic mass is 10.2. The molecule has 0 fully saturated rings. The second-order valence-electron chi connectivity index (χ2n) is 5.39. The average molecular weight is 417 g/mol. The highest BCUT2D eigenvalue weighted by molar-refractivity contribution is 7.89. The Morgan fingerprint density at radius 1 is 1.04 bits per heavy atom. The minimum absolute atomic E-state index is 0.0210. The molecular formula is C16H14Cl2N2O5S. The fourth-order valence-corrected chi connectivity index (χ4v) is 3.72. The Kier molecular flexibility index (Phi) is 5.92. The molecule has 2 aromatic rings. The fourth-order valence-electron chi connectivity index (χ4n) is 1.99. The summed E-state index contributed by atoms with van der Waals surface area (Å²) in [6.45, 7) is 0. The van der Waals surface area contributed by atoms with Crippen molar-refractivity contribution in [2.75, 3.05) is 19.4 Å². The number of benzene rings is 2. The quantitative estimate of drug-likeness (QED) is 0.778. The number of hydrogen-bond acceptors (Lipinski definition) is 4. The molecule has 0 heterocycles. The lowest BCUT2D eigenvalue weighted by Crippen LogP contribution is -2.23. The predicted molar refractivity (Wildman–Crippen MR) is 98.7 cm³/mol. The van der Waals surface area contributed by atoms with Crippen molar-refractivity contribution in [2.24, 2.45) is 0 Å². The maximum atomic E-state index is 12.5. The molecule has 1 amide bonds. The van der Waals surface area contributed by atoms with Gasteiger partial charge in [0.2, 0.25) is 10.0 Å². The van der Waals surface area contributed by atoms with Crippen molar-refractivity contribution < 1.29 is 23.1 Å². The molecule has 0 radical (unpaired) electrons. The van der Waals surface area contributed by atoms with E-state index in [0.717, 1.165) is 10.4 Å². The van der Waals surface area contributed by atoms with Crippen LogP contribution in [0.25, 0.3) is 0 Å². The maximum absolute atomic E-state index is 12.5. The molecule has 0 unspecified atom stereocenters. The molecule has 0 aliphatic rings. The molecule has 26 heavy (non-hydrogen) atoms. The van der Waals surface area contributed by atoms with Gasteiger partial charge in [0.25, 0.3) is 5.91 Å². The van der Waals surface area contributed by atoms with E-state index in [-0.39, 0.29) is 26.1 Å². The van der Waals surface area contributed by atoms with Gasteiger partial charge in [-0.1, -0.05) is 23.2 Å². The third kappa shape index (κ3) is 4.16. The van der Waals surface area contributed by atoms with Crippen molar-refractivity contribution in [2.45, 2.75) is 4.90 Å². The van der Waals surface area contributed by atoms with Crippen LogP contribution in [0, 0.1) is 0 Å². The van der Waals surface area contributed by atoms with Gasteiger partial charge in [0, 0.05) is 19.8 Å². The Hall–Kier alpha value is -2.13. The number of aromatic carboxylic acids is 1. The summed E-state index contributed by atoms with van der Waals surface area (Å²) < 4.78 is 25.6. The normalized spacial score (nSPS) is 11.4. The van der Waals surface area contributed by atoms with Gasteiger partial charge < -0.3 is 10.4 Å². The van der Waals surface area contributed by atoms with E-state index in [1.807, 2.05) is 0 Å². The van der Waals surface area contributed by atoms with Crippen LogP contribution in [-0.2, 0) is 10.0 Å². The summed E-state index contributed by atoms with van der Waals surface area (Å²) in [4.78, 5) is 23.0. The summed E-state index contributed by atoms with van der Waals surface area (Å²) in [6.07, 6.45) is 0. The summed E-state index contributed by atoms with van der Waals surface area (Å²) in [7, 11) is -1.20. The lowest BCUT2D eigenvalue weighted by molar-refractivity contribution is 0.0696. The zero-order chi connectivity index (χ0) is 19.6. The van der Waals surface area contributed by atoms with Crippen LogP contribution < -0.4 is 5.32 Å². The molecule has 7 nitrogen and oxygen atoms in total. The predicted octanol–water partition coefficient (Wildman–Crippen LogP) is 3.19. The first kappa shape index (κ1) is 20.2. The summed E-state index contributed by atoms with van der Waals surface area (Å²) in [5.74, 6) is -1.76. The monoisotopic (exact) mass is 416 g/mol. The fraction of sp³-hybridized carbons (Fsp3) is 0.125. The number of rotatable bonds is 5. The number of nitrogens with zero attached hydrogens (tertiary/aromatic N) is 1. The Morgan fingerprint density at radius 3 is 2.12 bits per heavy atom. The third-order valence-corrected chi connectivity index (χ3v) is 6.01. The molecule has 0 atom stereocenters. The SMILES string of the molecule is CN(C)S(=O)(=O)c1cc(C(=O)Nc2ccc(C(=O)O)cc2)c(Cl)cc1Cl. The molecular weight excluding hydrogens is 403 g/mol.